The van der Waals surface area contributed by atoms with Crippen LogP contribution >= 0.6 is 11.8 Å². The molecule has 3 nitrogen and oxygen atoms in total. The minimum Gasteiger partial charge on any atom is -0.399 e. The van der Waals surface area contributed by atoms with Gasteiger partial charge < -0.3 is 11.1 Å². The van der Waals surface area contributed by atoms with Gasteiger partial charge in [-0.2, -0.15) is 0 Å². The number of hydrogen-bond acceptors (Lipinski definition) is 3. The van der Waals surface area contributed by atoms with E-state index < -0.39 is 0 Å². The van der Waals surface area contributed by atoms with Crippen LogP contribution in [0.5, 0.6) is 0 Å². The summed E-state index contributed by atoms with van der Waals surface area (Å²) in [5.74, 6) is 1.15. The molecule has 24 heavy (non-hydrogen) atoms. The Balaban J connectivity index is 1.56. The first-order valence-corrected chi connectivity index (χ1v) is 9.65. The quantitative estimate of drug-likeness (QED) is 0.819. The number of amides is 1. The van der Waals surface area contributed by atoms with Gasteiger partial charge >= 0.3 is 0 Å². The van der Waals surface area contributed by atoms with E-state index in [2.05, 4.69) is 35.6 Å². The lowest BCUT2D eigenvalue weighted by atomic mass is 9.87. The number of thioether (sulfide) groups is 1. The summed E-state index contributed by atoms with van der Waals surface area (Å²) in [5, 5.41) is 3.22. The number of carbonyl (C=O) groups is 1. The molecule has 2 atom stereocenters. The lowest BCUT2D eigenvalue weighted by molar-refractivity contribution is -0.121. The largest absolute Gasteiger partial charge is 0.399 e. The number of nitrogens with two attached hydrogens (primary N) is 1. The van der Waals surface area contributed by atoms with Gasteiger partial charge in [0.1, 0.15) is 5.25 Å². The van der Waals surface area contributed by atoms with E-state index in [1.54, 1.807) is 11.8 Å². The minimum absolute atomic E-state index is 0.0888. The lowest BCUT2D eigenvalue weighted by Crippen LogP contribution is -2.35. The molecule has 124 valence electrons. The maximum Gasteiger partial charge on any atom is 0.238 e. The van der Waals surface area contributed by atoms with Crippen molar-refractivity contribution < 1.29 is 4.79 Å². The second kappa shape index (κ2) is 6.52. The maximum absolute atomic E-state index is 12.9. The molecule has 0 saturated heterocycles. The number of nitrogens with one attached hydrogen (secondary N) is 1. The average molecular weight is 338 g/mol. The van der Waals surface area contributed by atoms with E-state index in [9.17, 15) is 4.79 Å². The van der Waals surface area contributed by atoms with Gasteiger partial charge in [0.2, 0.25) is 5.91 Å². The topological polar surface area (TPSA) is 55.1 Å². The van der Waals surface area contributed by atoms with E-state index in [1.807, 2.05) is 12.1 Å². The van der Waals surface area contributed by atoms with Crippen molar-refractivity contribution in [3.8, 4) is 0 Å². The van der Waals surface area contributed by atoms with E-state index in [-0.39, 0.29) is 17.2 Å². The first-order valence-electron chi connectivity index (χ1n) is 8.60. The Morgan fingerprint density at radius 2 is 1.96 bits per heavy atom. The Kier molecular flexibility index (Phi) is 4.23. The number of anilines is 1. The van der Waals surface area contributed by atoms with Gasteiger partial charge in [-0.25, -0.2) is 0 Å². The molecule has 2 aromatic carbocycles. The summed E-state index contributed by atoms with van der Waals surface area (Å²) in [6.07, 6.45) is 4.20. The predicted octanol–water partition coefficient (Wildman–Crippen LogP) is 3.79. The van der Waals surface area contributed by atoms with Crippen molar-refractivity contribution in [3.05, 3.63) is 64.7 Å². The summed E-state index contributed by atoms with van der Waals surface area (Å²) < 4.78 is 0. The van der Waals surface area contributed by atoms with Crippen molar-refractivity contribution in [1.29, 1.82) is 0 Å². The Hall–Kier alpha value is -1.94. The summed E-state index contributed by atoms with van der Waals surface area (Å²) in [6.45, 7) is 0. The molecular weight excluding hydrogens is 316 g/mol. The summed E-state index contributed by atoms with van der Waals surface area (Å²) in [4.78, 5) is 12.9. The maximum atomic E-state index is 12.9. The fraction of sp³-hybridized carbons (Fsp3) is 0.350. The van der Waals surface area contributed by atoms with E-state index >= 15 is 0 Å². The second-order valence-corrected chi connectivity index (χ2v) is 7.82. The summed E-state index contributed by atoms with van der Waals surface area (Å²) in [7, 11) is 0. The molecule has 0 fully saturated rings. The Morgan fingerprint density at radius 1 is 1.08 bits per heavy atom. The number of carbonyl (C=O) groups excluding carboxylic acids is 1. The fourth-order valence-electron chi connectivity index (χ4n) is 3.84. The molecular formula is C20H22N2OS. The molecule has 0 radical (unpaired) electrons. The highest BCUT2D eigenvalue weighted by Gasteiger charge is 2.30. The minimum atomic E-state index is -0.0888. The summed E-state index contributed by atoms with van der Waals surface area (Å²) in [6, 6.07) is 14.5. The molecule has 1 aliphatic heterocycles. The molecule has 0 saturated carbocycles. The number of hydrogen-bond donors (Lipinski definition) is 2. The molecule has 0 bridgehead atoms. The molecule has 4 heteroatoms. The molecule has 0 aromatic heterocycles. The smallest absolute Gasteiger partial charge is 0.238 e. The van der Waals surface area contributed by atoms with Crippen molar-refractivity contribution in [2.24, 2.45) is 0 Å². The number of aryl methyl sites for hydroxylation is 2. The number of fused-ring (bicyclic) bond motifs is 2. The van der Waals surface area contributed by atoms with E-state index in [0.717, 1.165) is 37.1 Å². The molecule has 0 spiro atoms. The molecule has 3 N–H and O–H groups in total. The van der Waals surface area contributed by atoms with Crippen molar-refractivity contribution in [2.45, 2.75) is 37.0 Å². The van der Waals surface area contributed by atoms with Crippen molar-refractivity contribution in [1.82, 2.24) is 5.32 Å². The van der Waals surface area contributed by atoms with Crippen LogP contribution in [0.1, 0.15) is 46.4 Å². The van der Waals surface area contributed by atoms with Crippen LogP contribution in [0.15, 0.2) is 42.5 Å². The monoisotopic (exact) mass is 338 g/mol. The highest BCUT2D eigenvalue weighted by atomic mass is 32.2. The molecule has 1 amide bonds. The van der Waals surface area contributed by atoms with Crippen LogP contribution < -0.4 is 11.1 Å². The van der Waals surface area contributed by atoms with Gasteiger partial charge in [-0.3, -0.25) is 4.79 Å². The van der Waals surface area contributed by atoms with Gasteiger partial charge in [0, 0.05) is 5.69 Å². The lowest BCUT2D eigenvalue weighted by Gasteiger charge is -2.30. The first kappa shape index (κ1) is 15.6. The number of rotatable bonds is 2. The van der Waals surface area contributed by atoms with Crippen LogP contribution in [0.3, 0.4) is 0 Å². The molecule has 2 aromatic rings. The summed E-state index contributed by atoms with van der Waals surface area (Å²) in [5.41, 5.74) is 11.7. The molecule has 2 aliphatic rings. The van der Waals surface area contributed by atoms with Crippen LogP contribution in [0.25, 0.3) is 0 Å². The van der Waals surface area contributed by atoms with Gasteiger partial charge in [-0.05, 0) is 65.8 Å². The van der Waals surface area contributed by atoms with Gasteiger partial charge in [0.25, 0.3) is 0 Å². The van der Waals surface area contributed by atoms with Crippen LogP contribution in [0.4, 0.5) is 5.69 Å². The van der Waals surface area contributed by atoms with Gasteiger partial charge in [-0.1, -0.05) is 30.3 Å². The standard InChI is InChI=1S/C20H22N2OS/c21-15-8-9-16-14(12-15)5-3-7-18(16)22-20(23)19-17-6-2-1-4-13(17)10-11-24-19/h1-2,4,6,8-9,12,18-19H,3,5,7,10-11,21H2,(H,22,23). The Morgan fingerprint density at radius 3 is 2.88 bits per heavy atom. The first-order chi connectivity index (χ1) is 11.7. The zero-order valence-corrected chi connectivity index (χ0v) is 14.4. The predicted molar refractivity (Wildman–Crippen MR) is 100 cm³/mol. The van der Waals surface area contributed by atoms with Gasteiger partial charge in [-0.15, -0.1) is 11.8 Å². The van der Waals surface area contributed by atoms with Crippen LogP contribution in [0.2, 0.25) is 0 Å². The van der Waals surface area contributed by atoms with Crippen molar-refractivity contribution in [3.63, 3.8) is 0 Å². The van der Waals surface area contributed by atoms with Crippen molar-refractivity contribution >= 4 is 23.4 Å². The highest BCUT2D eigenvalue weighted by Crippen LogP contribution is 2.38. The number of benzene rings is 2. The zero-order chi connectivity index (χ0) is 16.5. The number of nitrogen functional groups attached to an aromatic ring is 1. The van der Waals surface area contributed by atoms with Gasteiger partial charge in [0.15, 0.2) is 0 Å². The molecule has 4 rings (SSSR count). The normalized spacial score (nSPS) is 22.3. The molecule has 1 aliphatic carbocycles. The zero-order valence-electron chi connectivity index (χ0n) is 13.6. The highest BCUT2D eigenvalue weighted by molar-refractivity contribution is 8.00. The molecule has 2 unspecified atom stereocenters. The van der Waals surface area contributed by atoms with Crippen LogP contribution in [-0.4, -0.2) is 11.7 Å². The third-order valence-corrected chi connectivity index (χ3v) is 6.27. The molecule has 1 heterocycles. The average Bonchev–Trinajstić information content (AvgIpc) is 2.61. The fourth-order valence-corrected chi connectivity index (χ4v) is 5.05. The van der Waals surface area contributed by atoms with E-state index in [0.29, 0.717) is 0 Å². The second-order valence-electron chi connectivity index (χ2n) is 6.61. The third-order valence-electron chi connectivity index (χ3n) is 5.03. The summed E-state index contributed by atoms with van der Waals surface area (Å²) >= 11 is 1.75. The van der Waals surface area contributed by atoms with E-state index in [4.69, 9.17) is 5.73 Å². The Bertz CT molecular complexity index is 774. The van der Waals surface area contributed by atoms with Crippen LogP contribution in [-0.2, 0) is 17.6 Å². The van der Waals surface area contributed by atoms with E-state index in [1.165, 1.54) is 22.3 Å². The third kappa shape index (κ3) is 2.91. The Labute approximate surface area is 147 Å². The van der Waals surface area contributed by atoms with Gasteiger partial charge in [0.05, 0.1) is 6.04 Å². The van der Waals surface area contributed by atoms with Crippen LogP contribution in [0, 0.1) is 0 Å². The SMILES string of the molecule is Nc1ccc2c(c1)CCCC2NC(=O)C1SCCc2ccccc21. The van der Waals surface area contributed by atoms with Crippen molar-refractivity contribution in [2.75, 3.05) is 11.5 Å².